The molecule has 0 aliphatic rings. The number of benzene rings is 4. The summed E-state index contributed by atoms with van der Waals surface area (Å²) in [5, 5.41) is 3.59. The van der Waals surface area contributed by atoms with Gasteiger partial charge in [-0.05, 0) is 97.6 Å². The van der Waals surface area contributed by atoms with Crippen molar-refractivity contribution in [3.05, 3.63) is 131 Å². The molecule has 0 aliphatic carbocycles. The molecule has 1 heterocycles. The molecule has 1 aromatic heterocycles. The van der Waals surface area contributed by atoms with E-state index in [1.165, 1.54) is 6.07 Å². The maximum absolute atomic E-state index is 14.2. The van der Waals surface area contributed by atoms with E-state index in [-0.39, 0.29) is 19.4 Å². The Morgan fingerprint density at radius 3 is 2.25 bits per heavy atom. The maximum atomic E-state index is 14.2. The van der Waals surface area contributed by atoms with Crippen molar-refractivity contribution in [2.75, 3.05) is 18.0 Å². The molecule has 5 rings (SSSR count). The number of primary amides is 1. The molecule has 5 N–H and O–H groups in total. The predicted molar refractivity (Wildman–Crippen MR) is 186 cm³/mol. The second-order valence-electron chi connectivity index (χ2n) is 11.3. The molecular formula is C36H34Cl2F2N6O2. The first kappa shape index (κ1) is 34.8. The van der Waals surface area contributed by atoms with Crippen LogP contribution in [0.2, 0.25) is 10.0 Å². The Morgan fingerprint density at radius 2 is 1.60 bits per heavy atom. The van der Waals surface area contributed by atoms with Crippen molar-refractivity contribution in [2.45, 2.75) is 31.5 Å². The fourth-order valence-electron chi connectivity index (χ4n) is 5.50. The molecule has 48 heavy (non-hydrogen) atoms. The van der Waals surface area contributed by atoms with Crippen molar-refractivity contribution in [2.24, 2.45) is 11.5 Å². The van der Waals surface area contributed by atoms with Gasteiger partial charge in [0.15, 0.2) is 11.6 Å². The zero-order chi connectivity index (χ0) is 34.5. The predicted octanol–water partition coefficient (Wildman–Crippen LogP) is 6.41. The first-order valence-electron chi connectivity index (χ1n) is 15.1. The summed E-state index contributed by atoms with van der Waals surface area (Å²) in [5.74, 6) is -2.42. The molecule has 2 atom stereocenters. The van der Waals surface area contributed by atoms with Crippen molar-refractivity contribution in [1.82, 2.24) is 14.9 Å². The Labute approximate surface area is 287 Å². The van der Waals surface area contributed by atoms with E-state index in [0.717, 1.165) is 28.9 Å². The van der Waals surface area contributed by atoms with E-state index in [1.54, 1.807) is 36.4 Å². The average molecular weight is 692 g/mol. The minimum absolute atomic E-state index is 0.183. The Morgan fingerprint density at radius 1 is 0.896 bits per heavy atom. The number of nitrogens with two attached hydrogens (primary N) is 2. The molecule has 4 aromatic carbocycles. The van der Waals surface area contributed by atoms with Gasteiger partial charge in [-0.25, -0.2) is 13.8 Å². The molecule has 2 amide bonds. The summed E-state index contributed by atoms with van der Waals surface area (Å²) < 4.78 is 29.8. The molecule has 0 saturated carbocycles. The maximum Gasteiger partial charge on any atom is 0.237 e. The normalized spacial score (nSPS) is 12.6. The number of hydrogen-bond donors (Lipinski definition) is 3. The van der Waals surface area contributed by atoms with Crippen molar-refractivity contribution in [3.8, 4) is 11.4 Å². The summed E-state index contributed by atoms with van der Waals surface area (Å²) in [6.45, 7) is 9.18. The highest BCUT2D eigenvalue weighted by Gasteiger charge is 2.23. The molecule has 1 unspecified atom stereocenters. The minimum Gasteiger partial charge on any atom is -0.372 e. The van der Waals surface area contributed by atoms with E-state index in [2.05, 4.69) is 19.2 Å². The highest BCUT2D eigenvalue weighted by molar-refractivity contribution is 6.42. The fourth-order valence-corrected chi connectivity index (χ4v) is 5.82. The Hall–Kier alpha value is -4.51. The Balaban J connectivity index is 1.50. The largest absolute Gasteiger partial charge is 0.372 e. The number of hydrogen-bond acceptors (Lipinski definition) is 5. The van der Waals surface area contributed by atoms with Gasteiger partial charge in [0.1, 0.15) is 5.82 Å². The van der Waals surface area contributed by atoms with E-state index >= 15 is 0 Å². The molecule has 0 bridgehead atoms. The lowest BCUT2D eigenvalue weighted by Crippen LogP contribution is -2.44. The molecule has 0 spiro atoms. The SMILES string of the molecule is [CH2]CN(C[CH2])c1ccc(-c2nc3cc(C(CC(N)=O)NC(=O)[C@@H](N)Cc4ccc(Cl)c(Cl)c4)ccc3n2Cc2ccc(F)c(F)c2)cc1. The van der Waals surface area contributed by atoms with Gasteiger partial charge in [0.05, 0.1) is 39.6 Å². The van der Waals surface area contributed by atoms with Crippen LogP contribution in [-0.2, 0) is 22.6 Å². The van der Waals surface area contributed by atoms with Gasteiger partial charge in [0.25, 0.3) is 0 Å². The van der Waals surface area contributed by atoms with Crippen LogP contribution in [0.3, 0.4) is 0 Å². The number of carbonyl (C=O) groups excluding carboxylic acids is 2. The lowest BCUT2D eigenvalue weighted by molar-refractivity contribution is -0.123. The third-order valence-corrected chi connectivity index (χ3v) is 8.77. The highest BCUT2D eigenvalue weighted by Crippen LogP contribution is 2.31. The van der Waals surface area contributed by atoms with Gasteiger partial charge < -0.3 is 26.3 Å². The second-order valence-corrected chi connectivity index (χ2v) is 12.2. The van der Waals surface area contributed by atoms with E-state index < -0.39 is 35.5 Å². The standard InChI is InChI=1S/C36H34Cl2F2N6O2/c1-3-45(4-2)25-10-7-23(8-11-25)35-43-32-18-24(9-14-33(32)46(35)20-22-6-13-28(39)29(40)16-22)31(19-34(42)47)44-36(48)30(41)17-21-5-12-26(37)27(38)15-21/h5-16,18,30-31H,1-4,17,19-20,41H2,(H2,42,47)(H,44,48)/t30-,31?/m0/s1. The molecule has 8 nitrogen and oxygen atoms in total. The molecule has 0 saturated heterocycles. The van der Waals surface area contributed by atoms with E-state index in [1.807, 2.05) is 33.7 Å². The molecular weight excluding hydrogens is 657 g/mol. The van der Waals surface area contributed by atoms with Crippen LogP contribution in [0.4, 0.5) is 14.5 Å². The Kier molecular flexibility index (Phi) is 11.0. The molecule has 5 aromatic rings. The minimum atomic E-state index is -0.950. The number of nitrogens with one attached hydrogen (secondary N) is 1. The van der Waals surface area contributed by atoms with Crippen molar-refractivity contribution < 1.29 is 18.4 Å². The van der Waals surface area contributed by atoms with Gasteiger partial charge >= 0.3 is 0 Å². The van der Waals surface area contributed by atoms with E-state index in [9.17, 15) is 18.4 Å². The van der Waals surface area contributed by atoms with Crippen molar-refractivity contribution in [3.63, 3.8) is 0 Å². The lowest BCUT2D eigenvalue weighted by atomic mass is 10.0. The fraction of sp³-hybridized carbons (Fsp3) is 0.194. The van der Waals surface area contributed by atoms with E-state index in [4.69, 9.17) is 39.7 Å². The third kappa shape index (κ3) is 7.95. The van der Waals surface area contributed by atoms with Crippen LogP contribution in [0, 0.1) is 25.5 Å². The van der Waals surface area contributed by atoms with E-state index in [0.29, 0.717) is 51.1 Å². The number of carbonyl (C=O) groups is 2. The number of fused-ring (bicyclic) bond motifs is 1. The summed E-state index contributed by atoms with van der Waals surface area (Å²) in [7, 11) is 0. The third-order valence-electron chi connectivity index (χ3n) is 8.03. The molecule has 12 heteroatoms. The average Bonchev–Trinajstić information content (AvgIpc) is 3.42. The number of nitrogens with zero attached hydrogens (tertiary/aromatic N) is 3. The van der Waals surface area contributed by atoms with Crippen LogP contribution in [0.1, 0.15) is 29.2 Å². The number of imidazole rings is 1. The van der Waals surface area contributed by atoms with Crippen molar-refractivity contribution in [1.29, 1.82) is 0 Å². The topological polar surface area (TPSA) is 119 Å². The van der Waals surface area contributed by atoms with Crippen LogP contribution >= 0.6 is 23.2 Å². The summed E-state index contributed by atoms with van der Waals surface area (Å²) in [6, 6.07) is 20.1. The monoisotopic (exact) mass is 690 g/mol. The van der Waals surface area contributed by atoms with Gasteiger partial charge in [0.2, 0.25) is 11.8 Å². The number of aromatic nitrogens is 2. The summed E-state index contributed by atoms with van der Waals surface area (Å²) in [5.41, 5.74) is 16.6. The van der Waals surface area contributed by atoms with Crippen LogP contribution in [0.15, 0.2) is 78.9 Å². The van der Waals surface area contributed by atoms with Gasteiger partial charge in [0, 0.05) is 30.9 Å². The molecule has 0 fully saturated rings. The molecule has 248 valence electrons. The smallest absolute Gasteiger partial charge is 0.237 e. The van der Waals surface area contributed by atoms with Crippen LogP contribution in [0.5, 0.6) is 0 Å². The lowest BCUT2D eigenvalue weighted by Gasteiger charge is -2.21. The number of halogens is 4. The first-order valence-corrected chi connectivity index (χ1v) is 15.9. The first-order chi connectivity index (χ1) is 23.0. The zero-order valence-electron chi connectivity index (χ0n) is 25.9. The molecule has 0 aliphatic heterocycles. The number of amides is 2. The summed E-state index contributed by atoms with van der Waals surface area (Å²) >= 11 is 12.1. The van der Waals surface area contributed by atoms with Gasteiger partial charge in [-0.2, -0.15) is 0 Å². The zero-order valence-corrected chi connectivity index (χ0v) is 27.4. The summed E-state index contributed by atoms with van der Waals surface area (Å²) in [6.07, 6.45) is -0.00141. The van der Waals surface area contributed by atoms with Crippen LogP contribution < -0.4 is 21.7 Å². The van der Waals surface area contributed by atoms with Gasteiger partial charge in [-0.1, -0.05) is 41.4 Å². The number of anilines is 1. The molecule has 2 radical (unpaired) electrons. The number of rotatable bonds is 13. The van der Waals surface area contributed by atoms with Crippen molar-refractivity contribution >= 4 is 51.7 Å². The van der Waals surface area contributed by atoms with Crippen LogP contribution in [-0.4, -0.2) is 40.5 Å². The van der Waals surface area contributed by atoms with Gasteiger partial charge in [-0.15, -0.1) is 0 Å². The second kappa shape index (κ2) is 15.1. The van der Waals surface area contributed by atoms with Gasteiger partial charge in [-0.3, -0.25) is 9.59 Å². The van der Waals surface area contributed by atoms with Crippen LogP contribution in [0.25, 0.3) is 22.4 Å². The quantitative estimate of drug-likeness (QED) is 0.132. The Bertz CT molecular complexity index is 1950. The highest BCUT2D eigenvalue weighted by atomic mass is 35.5. The summed E-state index contributed by atoms with van der Waals surface area (Å²) in [4.78, 5) is 32.2.